The Bertz CT molecular complexity index is 720. The first-order valence-corrected chi connectivity index (χ1v) is 8.48. The highest BCUT2D eigenvalue weighted by molar-refractivity contribution is 7.99. The Kier molecular flexibility index (Phi) is 6.62. The van der Waals surface area contributed by atoms with Crippen molar-refractivity contribution >= 4 is 35.2 Å². The quantitative estimate of drug-likeness (QED) is 0.592. The van der Waals surface area contributed by atoms with Crippen LogP contribution in [0, 0.1) is 0 Å². The molecule has 0 spiro atoms. The van der Waals surface area contributed by atoms with E-state index in [2.05, 4.69) is 15.5 Å². The van der Waals surface area contributed by atoms with Gasteiger partial charge in [0.15, 0.2) is 6.61 Å². The molecule has 0 fully saturated rings. The summed E-state index contributed by atoms with van der Waals surface area (Å²) in [6, 6.07) is 7.06. The lowest BCUT2D eigenvalue weighted by Crippen LogP contribution is -2.34. The Morgan fingerprint density at radius 3 is 2.79 bits per heavy atom. The first-order chi connectivity index (χ1) is 11.5. The van der Waals surface area contributed by atoms with Crippen molar-refractivity contribution in [3.63, 3.8) is 0 Å². The van der Waals surface area contributed by atoms with E-state index in [1.807, 2.05) is 13.8 Å². The number of rotatable bonds is 7. The third-order valence-corrected chi connectivity index (χ3v) is 3.76. The molecule has 0 atom stereocenters. The van der Waals surface area contributed by atoms with Crippen molar-refractivity contribution in [2.45, 2.75) is 25.1 Å². The number of hydrogen-bond acceptors (Lipinski definition) is 7. The average Bonchev–Trinajstić information content (AvgIpc) is 2.99. The van der Waals surface area contributed by atoms with Crippen molar-refractivity contribution in [2.75, 3.05) is 12.4 Å². The van der Waals surface area contributed by atoms with Gasteiger partial charge in [0.25, 0.3) is 11.1 Å². The van der Waals surface area contributed by atoms with E-state index in [-0.39, 0.29) is 35.4 Å². The molecule has 128 valence electrons. The second kappa shape index (κ2) is 8.70. The lowest BCUT2D eigenvalue weighted by atomic mass is 10.2. The fourth-order valence-electron chi connectivity index (χ4n) is 1.68. The molecule has 0 aliphatic heterocycles. The van der Waals surface area contributed by atoms with Gasteiger partial charge in [0.05, 0.1) is 10.6 Å². The second-order valence-electron chi connectivity index (χ2n) is 5.02. The zero-order valence-electron chi connectivity index (χ0n) is 13.1. The largest absolute Gasteiger partial charge is 0.455 e. The van der Waals surface area contributed by atoms with E-state index >= 15 is 0 Å². The Labute approximate surface area is 148 Å². The molecule has 0 bridgehead atoms. The van der Waals surface area contributed by atoms with Crippen molar-refractivity contribution < 1.29 is 18.7 Å². The van der Waals surface area contributed by atoms with E-state index in [9.17, 15) is 9.59 Å². The highest BCUT2D eigenvalue weighted by atomic mass is 35.5. The molecule has 1 heterocycles. The second-order valence-corrected chi connectivity index (χ2v) is 6.36. The van der Waals surface area contributed by atoms with Crippen LogP contribution in [0.5, 0.6) is 0 Å². The number of hydrogen-bond donors (Lipinski definition) is 1. The maximum Gasteiger partial charge on any atom is 0.316 e. The molecule has 0 saturated carbocycles. The van der Waals surface area contributed by atoms with Crippen LogP contribution in [-0.2, 0) is 14.3 Å². The molecule has 0 radical (unpaired) electrons. The fourth-order valence-corrected chi connectivity index (χ4v) is 2.46. The number of nitrogens with one attached hydrogen (secondary N) is 1. The highest BCUT2D eigenvalue weighted by Gasteiger charge is 2.14. The number of carbonyl (C=O) groups excluding carboxylic acids is 2. The summed E-state index contributed by atoms with van der Waals surface area (Å²) >= 11 is 7.08. The summed E-state index contributed by atoms with van der Waals surface area (Å²) in [4.78, 5) is 23.0. The molecule has 24 heavy (non-hydrogen) atoms. The smallest absolute Gasteiger partial charge is 0.316 e. The van der Waals surface area contributed by atoms with Gasteiger partial charge in [-0.25, -0.2) is 0 Å². The van der Waals surface area contributed by atoms with Crippen molar-refractivity contribution in [2.24, 2.45) is 0 Å². The maximum atomic E-state index is 11.6. The molecule has 7 nitrogen and oxygen atoms in total. The Hall–Kier alpha value is -2.06. The molecule has 0 aliphatic rings. The summed E-state index contributed by atoms with van der Waals surface area (Å²) in [6.07, 6.45) is 0. The molecule has 1 amide bonds. The van der Waals surface area contributed by atoms with Crippen LogP contribution < -0.4 is 5.32 Å². The standard InChI is InChI=1S/C15H16ClN3O4S/c1-9(2)17-12(20)7-22-13(21)8-24-15-19-18-14(23-15)10-5-3-4-6-11(10)16/h3-6,9H,7-8H2,1-2H3,(H,17,20). The topological polar surface area (TPSA) is 94.3 Å². The number of thioether (sulfide) groups is 1. The van der Waals surface area contributed by atoms with Crippen LogP contribution in [0.25, 0.3) is 11.5 Å². The van der Waals surface area contributed by atoms with Crippen LogP contribution >= 0.6 is 23.4 Å². The minimum atomic E-state index is -0.545. The van der Waals surface area contributed by atoms with Gasteiger partial charge in [-0.2, -0.15) is 0 Å². The van der Waals surface area contributed by atoms with E-state index in [1.54, 1.807) is 24.3 Å². The monoisotopic (exact) mass is 369 g/mol. The van der Waals surface area contributed by atoms with Crippen molar-refractivity contribution in [3.8, 4) is 11.5 Å². The van der Waals surface area contributed by atoms with Crippen LogP contribution in [0.3, 0.4) is 0 Å². The molecule has 0 saturated heterocycles. The Morgan fingerprint density at radius 2 is 2.08 bits per heavy atom. The zero-order chi connectivity index (χ0) is 17.5. The third-order valence-electron chi connectivity index (χ3n) is 2.64. The minimum Gasteiger partial charge on any atom is -0.455 e. The van der Waals surface area contributed by atoms with Crippen LogP contribution in [-0.4, -0.2) is 40.5 Å². The Morgan fingerprint density at radius 1 is 1.33 bits per heavy atom. The summed E-state index contributed by atoms with van der Waals surface area (Å²) in [6.45, 7) is 3.33. The third kappa shape index (κ3) is 5.54. The first-order valence-electron chi connectivity index (χ1n) is 7.12. The molecule has 0 unspecified atom stereocenters. The predicted molar refractivity (Wildman–Crippen MR) is 89.7 cm³/mol. The molecule has 1 aromatic heterocycles. The summed E-state index contributed by atoms with van der Waals surface area (Å²) in [5.74, 6) is -0.662. The molecule has 1 N–H and O–H groups in total. The molecule has 2 aromatic rings. The average molecular weight is 370 g/mol. The van der Waals surface area contributed by atoms with E-state index in [0.717, 1.165) is 11.8 Å². The Balaban J connectivity index is 1.82. The normalized spacial score (nSPS) is 10.7. The van der Waals surface area contributed by atoms with E-state index in [1.165, 1.54) is 0 Å². The van der Waals surface area contributed by atoms with Crippen LogP contribution in [0.4, 0.5) is 0 Å². The predicted octanol–water partition coefficient (Wildman–Crippen LogP) is 2.55. The van der Waals surface area contributed by atoms with Crippen LogP contribution in [0.15, 0.2) is 33.9 Å². The molecular formula is C15H16ClN3O4S. The summed E-state index contributed by atoms with van der Waals surface area (Å²) in [7, 11) is 0. The van der Waals surface area contributed by atoms with Crippen LogP contribution in [0.2, 0.25) is 5.02 Å². The summed E-state index contributed by atoms with van der Waals surface area (Å²) in [5.41, 5.74) is 0.617. The van der Waals surface area contributed by atoms with Crippen molar-refractivity contribution in [1.82, 2.24) is 15.5 Å². The van der Waals surface area contributed by atoms with Gasteiger partial charge < -0.3 is 14.5 Å². The number of aromatic nitrogens is 2. The van der Waals surface area contributed by atoms with Crippen LogP contribution in [0.1, 0.15) is 13.8 Å². The van der Waals surface area contributed by atoms with E-state index in [0.29, 0.717) is 10.6 Å². The van der Waals surface area contributed by atoms with Gasteiger partial charge in [0.2, 0.25) is 5.89 Å². The molecule has 9 heteroatoms. The lowest BCUT2D eigenvalue weighted by molar-refractivity contribution is -0.146. The number of carbonyl (C=O) groups is 2. The fraction of sp³-hybridized carbons (Fsp3) is 0.333. The summed E-state index contributed by atoms with van der Waals surface area (Å²) in [5, 5.41) is 11.1. The van der Waals surface area contributed by atoms with Gasteiger partial charge in [-0.15, -0.1) is 10.2 Å². The summed E-state index contributed by atoms with van der Waals surface area (Å²) < 4.78 is 10.3. The van der Waals surface area contributed by atoms with Gasteiger partial charge in [0.1, 0.15) is 5.75 Å². The number of ether oxygens (including phenoxy) is 1. The van der Waals surface area contributed by atoms with Gasteiger partial charge in [0, 0.05) is 6.04 Å². The number of amides is 1. The van der Waals surface area contributed by atoms with Crippen molar-refractivity contribution in [3.05, 3.63) is 29.3 Å². The highest BCUT2D eigenvalue weighted by Crippen LogP contribution is 2.28. The number of halogens is 1. The minimum absolute atomic E-state index is 0.00722. The molecule has 0 aliphatic carbocycles. The first kappa shape index (κ1) is 18.3. The van der Waals surface area contributed by atoms with Gasteiger partial charge >= 0.3 is 5.97 Å². The van der Waals surface area contributed by atoms with Crippen molar-refractivity contribution in [1.29, 1.82) is 0 Å². The van der Waals surface area contributed by atoms with E-state index < -0.39 is 5.97 Å². The van der Waals surface area contributed by atoms with E-state index in [4.69, 9.17) is 20.8 Å². The number of benzene rings is 1. The molecule has 2 rings (SSSR count). The van der Waals surface area contributed by atoms with Gasteiger partial charge in [-0.1, -0.05) is 35.5 Å². The molecular weight excluding hydrogens is 354 g/mol. The number of nitrogens with zero attached hydrogens (tertiary/aromatic N) is 2. The van der Waals surface area contributed by atoms with Gasteiger partial charge in [-0.05, 0) is 26.0 Å². The SMILES string of the molecule is CC(C)NC(=O)COC(=O)CSc1nnc(-c2ccccc2Cl)o1. The maximum absolute atomic E-state index is 11.6. The zero-order valence-corrected chi connectivity index (χ0v) is 14.7. The molecule has 1 aromatic carbocycles. The lowest BCUT2D eigenvalue weighted by Gasteiger charge is -2.08. The van der Waals surface area contributed by atoms with Gasteiger partial charge in [-0.3, -0.25) is 9.59 Å². The number of esters is 1.